The largest absolute Gasteiger partial charge is 0.489 e. The number of rotatable bonds is 7. The molecule has 0 amide bonds. The van der Waals surface area contributed by atoms with Gasteiger partial charge in [0.05, 0.1) is 0 Å². The fourth-order valence-electron chi connectivity index (χ4n) is 2.17. The van der Waals surface area contributed by atoms with Crippen LogP contribution in [-0.2, 0) is 13.1 Å². The molecule has 2 aromatic carbocycles. The van der Waals surface area contributed by atoms with E-state index in [1.807, 2.05) is 30.3 Å². The highest BCUT2D eigenvalue weighted by Gasteiger charge is 2.04. The Balaban J connectivity index is 1.91. The van der Waals surface area contributed by atoms with Crippen LogP contribution in [0.3, 0.4) is 0 Å². The van der Waals surface area contributed by atoms with Gasteiger partial charge in [0.2, 0.25) is 0 Å². The smallest absolute Gasteiger partial charge is 0.191 e. The molecule has 0 aliphatic carbocycles. The Bertz CT molecular complexity index is 701. The molecule has 0 fully saturated rings. The van der Waals surface area contributed by atoms with Crippen LogP contribution in [0.25, 0.3) is 0 Å². The number of hydrogen-bond acceptors (Lipinski definition) is 2. The molecule has 24 heavy (non-hydrogen) atoms. The van der Waals surface area contributed by atoms with Crippen molar-refractivity contribution in [1.29, 1.82) is 0 Å². The molecule has 0 heterocycles. The second kappa shape index (κ2) is 9.35. The summed E-state index contributed by atoms with van der Waals surface area (Å²) in [5.41, 5.74) is 1.88. The molecule has 2 aromatic rings. The van der Waals surface area contributed by atoms with Gasteiger partial charge in [-0.15, -0.1) is 0 Å². The quantitative estimate of drug-likeness (QED) is 0.466. The Labute approximate surface area is 142 Å². The van der Waals surface area contributed by atoms with Crippen molar-refractivity contribution in [1.82, 2.24) is 10.6 Å². The summed E-state index contributed by atoms with van der Waals surface area (Å²) < 4.78 is 18.8. The van der Waals surface area contributed by atoms with Gasteiger partial charge in [-0.3, -0.25) is 4.99 Å². The van der Waals surface area contributed by atoms with Crippen LogP contribution in [0.5, 0.6) is 5.75 Å². The van der Waals surface area contributed by atoms with Crippen molar-refractivity contribution in [2.24, 2.45) is 4.99 Å². The predicted octanol–water partition coefficient (Wildman–Crippen LogP) is 3.26. The highest BCUT2D eigenvalue weighted by molar-refractivity contribution is 5.79. The van der Waals surface area contributed by atoms with Gasteiger partial charge in [-0.2, -0.15) is 0 Å². The van der Waals surface area contributed by atoms with Crippen LogP contribution in [-0.4, -0.2) is 19.6 Å². The Kier molecular flexibility index (Phi) is 6.83. The summed E-state index contributed by atoms with van der Waals surface area (Å²) in [6.07, 6.45) is 1.71. The maximum atomic E-state index is 13.2. The van der Waals surface area contributed by atoms with Crippen LogP contribution < -0.4 is 15.4 Å². The van der Waals surface area contributed by atoms with E-state index < -0.39 is 0 Å². The number of benzene rings is 2. The number of nitrogens with one attached hydrogen (secondary N) is 2. The maximum absolute atomic E-state index is 13.2. The van der Waals surface area contributed by atoms with Gasteiger partial charge in [0, 0.05) is 25.7 Å². The molecule has 0 saturated heterocycles. The van der Waals surface area contributed by atoms with E-state index in [1.54, 1.807) is 19.2 Å². The maximum Gasteiger partial charge on any atom is 0.191 e. The fourth-order valence-corrected chi connectivity index (χ4v) is 2.17. The van der Waals surface area contributed by atoms with Crippen molar-refractivity contribution in [3.8, 4) is 5.75 Å². The molecule has 0 aliphatic heterocycles. The Hall–Kier alpha value is -2.82. The fraction of sp³-hybridized carbons (Fsp3) is 0.211. The lowest BCUT2D eigenvalue weighted by atomic mass is 10.2. The van der Waals surface area contributed by atoms with Crippen LogP contribution in [0, 0.1) is 5.82 Å². The SMILES string of the molecule is C=CCOc1ccccc1CNC(=NC)NCc1cccc(F)c1. The van der Waals surface area contributed by atoms with E-state index in [1.165, 1.54) is 12.1 Å². The Morgan fingerprint density at radius 3 is 2.71 bits per heavy atom. The summed E-state index contributed by atoms with van der Waals surface area (Å²) in [5.74, 6) is 1.20. The van der Waals surface area contributed by atoms with Gasteiger partial charge in [-0.25, -0.2) is 4.39 Å². The lowest BCUT2D eigenvalue weighted by molar-refractivity contribution is 0.358. The second-order valence-corrected chi connectivity index (χ2v) is 5.12. The lowest BCUT2D eigenvalue weighted by Crippen LogP contribution is -2.36. The lowest BCUT2D eigenvalue weighted by Gasteiger charge is -2.14. The first-order valence-electron chi connectivity index (χ1n) is 7.73. The Morgan fingerprint density at radius 1 is 1.17 bits per heavy atom. The monoisotopic (exact) mass is 327 g/mol. The van der Waals surface area contributed by atoms with Gasteiger partial charge < -0.3 is 15.4 Å². The minimum absolute atomic E-state index is 0.245. The van der Waals surface area contributed by atoms with Gasteiger partial charge in [-0.05, 0) is 23.8 Å². The summed E-state index contributed by atoms with van der Waals surface area (Å²) in [4.78, 5) is 4.18. The molecule has 0 saturated carbocycles. The van der Waals surface area contributed by atoms with E-state index in [4.69, 9.17) is 4.74 Å². The van der Waals surface area contributed by atoms with Crippen LogP contribution in [0.15, 0.2) is 66.2 Å². The average Bonchev–Trinajstić information content (AvgIpc) is 2.61. The van der Waals surface area contributed by atoms with Crippen molar-refractivity contribution in [3.05, 3.63) is 78.1 Å². The van der Waals surface area contributed by atoms with Crippen LogP contribution >= 0.6 is 0 Å². The van der Waals surface area contributed by atoms with Crippen molar-refractivity contribution < 1.29 is 9.13 Å². The number of aliphatic imine (C=N–C) groups is 1. The number of guanidine groups is 1. The molecular formula is C19H22FN3O. The molecule has 2 rings (SSSR count). The molecule has 0 aliphatic rings. The van der Waals surface area contributed by atoms with Crippen molar-refractivity contribution in [3.63, 3.8) is 0 Å². The van der Waals surface area contributed by atoms with Gasteiger partial charge in [0.25, 0.3) is 0 Å². The zero-order valence-electron chi connectivity index (χ0n) is 13.8. The van der Waals surface area contributed by atoms with Crippen molar-refractivity contribution in [2.75, 3.05) is 13.7 Å². The number of ether oxygens (including phenoxy) is 1. The first kappa shape index (κ1) is 17.5. The molecule has 126 valence electrons. The molecule has 0 bridgehead atoms. The minimum atomic E-state index is -0.245. The topological polar surface area (TPSA) is 45.6 Å². The van der Waals surface area contributed by atoms with Gasteiger partial charge in [0.1, 0.15) is 18.2 Å². The molecule has 5 heteroatoms. The molecule has 4 nitrogen and oxygen atoms in total. The normalized spacial score (nSPS) is 11.0. The van der Waals surface area contributed by atoms with Crippen molar-refractivity contribution in [2.45, 2.75) is 13.1 Å². The molecule has 0 unspecified atom stereocenters. The standard InChI is InChI=1S/C19H22FN3O/c1-3-11-24-18-10-5-4-8-16(18)14-23-19(21-2)22-13-15-7-6-9-17(20)12-15/h3-10,12H,1,11,13-14H2,2H3,(H2,21,22,23). The number of para-hydroxylation sites is 1. The summed E-state index contributed by atoms with van der Waals surface area (Å²) in [7, 11) is 1.70. The van der Waals surface area contributed by atoms with Crippen LogP contribution in [0.1, 0.15) is 11.1 Å². The second-order valence-electron chi connectivity index (χ2n) is 5.12. The van der Waals surface area contributed by atoms with Crippen LogP contribution in [0.2, 0.25) is 0 Å². The van der Waals surface area contributed by atoms with E-state index in [-0.39, 0.29) is 5.82 Å². The van der Waals surface area contributed by atoms with Gasteiger partial charge in [-0.1, -0.05) is 43.0 Å². The Morgan fingerprint density at radius 2 is 1.96 bits per heavy atom. The molecule has 2 N–H and O–H groups in total. The van der Waals surface area contributed by atoms with E-state index in [2.05, 4.69) is 22.2 Å². The third kappa shape index (κ3) is 5.43. The summed E-state index contributed by atoms with van der Waals surface area (Å²) in [6.45, 7) is 5.18. The minimum Gasteiger partial charge on any atom is -0.489 e. The summed E-state index contributed by atoms with van der Waals surface area (Å²) in [6, 6.07) is 14.3. The van der Waals surface area contributed by atoms with Gasteiger partial charge in [0.15, 0.2) is 5.96 Å². The highest BCUT2D eigenvalue weighted by atomic mass is 19.1. The average molecular weight is 327 g/mol. The summed E-state index contributed by atoms with van der Waals surface area (Å²) in [5, 5.41) is 6.39. The van der Waals surface area contributed by atoms with E-state index in [0.29, 0.717) is 25.7 Å². The molecule has 0 radical (unpaired) electrons. The molecule has 0 atom stereocenters. The number of halogens is 1. The van der Waals surface area contributed by atoms with Crippen molar-refractivity contribution >= 4 is 5.96 Å². The summed E-state index contributed by atoms with van der Waals surface area (Å²) >= 11 is 0. The third-order valence-corrected chi connectivity index (χ3v) is 3.35. The van der Waals surface area contributed by atoms with Gasteiger partial charge >= 0.3 is 0 Å². The molecule has 0 aromatic heterocycles. The molecule has 0 spiro atoms. The zero-order valence-corrected chi connectivity index (χ0v) is 13.8. The number of nitrogens with zero attached hydrogens (tertiary/aromatic N) is 1. The predicted molar refractivity (Wildman–Crippen MR) is 95.6 cm³/mol. The highest BCUT2D eigenvalue weighted by Crippen LogP contribution is 2.17. The zero-order chi connectivity index (χ0) is 17.2. The first-order valence-corrected chi connectivity index (χ1v) is 7.73. The first-order chi connectivity index (χ1) is 11.7. The van der Waals surface area contributed by atoms with Crippen LogP contribution in [0.4, 0.5) is 4.39 Å². The molecular weight excluding hydrogens is 305 g/mol. The van der Waals surface area contributed by atoms with E-state index in [9.17, 15) is 4.39 Å². The van der Waals surface area contributed by atoms with E-state index >= 15 is 0 Å². The number of hydrogen-bond donors (Lipinski definition) is 2. The third-order valence-electron chi connectivity index (χ3n) is 3.35. The van der Waals surface area contributed by atoms with E-state index in [0.717, 1.165) is 16.9 Å².